The van der Waals surface area contributed by atoms with Crippen molar-refractivity contribution in [2.75, 3.05) is 0 Å². The molecule has 0 aromatic carbocycles. The standard InChI is InChI=1S/C12H17N3O2/c1-3-6-15-10(8-13-14-15)12(16)9-5-7-17-11(9)4-2/h5,7-8,12,16H,3-4,6H2,1-2H3. The minimum atomic E-state index is -0.717. The van der Waals surface area contributed by atoms with E-state index in [1.165, 1.54) is 0 Å². The van der Waals surface area contributed by atoms with Gasteiger partial charge < -0.3 is 9.52 Å². The maximum atomic E-state index is 10.3. The number of aryl methyl sites for hydroxylation is 2. The Morgan fingerprint density at radius 1 is 1.47 bits per heavy atom. The number of rotatable bonds is 5. The highest BCUT2D eigenvalue weighted by atomic mass is 16.3. The van der Waals surface area contributed by atoms with Crippen LogP contribution in [0, 0.1) is 0 Å². The summed E-state index contributed by atoms with van der Waals surface area (Å²) in [6.45, 7) is 4.81. The third-order valence-electron chi connectivity index (χ3n) is 2.76. The third-order valence-corrected chi connectivity index (χ3v) is 2.76. The van der Waals surface area contributed by atoms with E-state index in [0.717, 1.165) is 30.7 Å². The molecule has 1 N–H and O–H groups in total. The molecule has 0 amide bonds. The number of aliphatic hydroxyl groups excluding tert-OH is 1. The van der Waals surface area contributed by atoms with Crippen molar-refractivity contribution in [1.29, 1.82) is 0 Å². The van der Waals surface area contributed by atoms with Gasteiger partial charge in [0.25, 0.3) is 0 Å². The van der Waals surface area contributed by atoms with Gasteiger partial charge in [0.15, 0.2) is 0 Å². The number of furan rings is 1. The minimum Gasteiger partial charge on any atom is -0.469 e. The zero-order chi connectivity index (χ0) is 12.3. The van der Waals surface area contributed by atoms with Gasteiger partial charge in [0.1, 0.15) is 11.9 Å². The Balaban J connectivity index is 2.30. The summed E-state index contributed by atoms with van der Waals surface area (Å²) < 4.78 is 7.06. The molecule has 0 spiro atoms. The number of hydrogen-bond donors (Lipinski definition) is 1. The minimum absolute atomic E-state index is 0.711. The second-order valence-corrected chi connectivity index (χ2v) is 3.94. The molecule has 0 fully saturated rings. The number of hydrogen-bond acceptors (Lipinski definition) is 4. The van der Waals surface area contributed by atoms with Crippen molar-refractivity contribution in [2.45, 2.75) is 39.3 Å². The van der Waals surface area contributed by atoms with Crippen molar-refractivity contribution in [2.24, 2.45) is 0 Å². The van der Waals surface area contributed by atoms with Gasteiger partial charge in [0.05, 0.1) is 18.2 Å². The molecule has 5 nitrogen and oxygen atoms in total. The van der Waals surface area contributed by atoms with Crippen molar-refractivity contribution in [3.05, 3.63) is 35.5 Å². The monoisotopic (exact) mass is 235 g/mol. The molecule has 0 aliphatic carbocycles. The normalized spacial score (nSPS) is 12.9. The fourth-order valence-corrected chi connectivity index (χ4v) is 1.90. The molecule has 0 bridgehead atoms. The molecule has 92 valence electrons. The summed E-state index contributed by atoms with van der Waals surface area (Å²) in [6, 6.07) is 1.80. The first-order valence-electron chi connectivity index (χ1n) is 5.90. The molecule has 2 heterocycles. The number of aliphatic hydroxyl groups is 1. The van der Waals surface area contributed by atoms with Crippen LogP contribution in [0.1, 0.15) is 43.4 Å². The summed E-state index contributed by atoms with van der Waals surface area (Å²) in [5, 5.41) is 18.1. The van der Waals surface area contributed by atoms with Gasteiger partial charge in [0.2, 0.25) is 0 Å². The largest absolute Gasteiger partial charge is 0.469 e. The van der Waals surface area contributed by atoms with Crippen LogP contribution in [-0.4, -0.2) is 20.1 Å². The summed E-state index contributed by atoms with van der Waals surface area (Å²) in [5.41, 5.74) is 1.51. The summed E-state index contributed by atoms with van der Waals surface area (Å²) in [7, 11) is 0. The van der Waals surface area contributed by atoms with Crippen LogP contribution in [0.5, 0.6) is 0 Å². The van der Waals surface area contributed by atoms with Crippen LogP contribution < -0.4 is 0 Å². The quantitative estimate of drug-likeness (QED) is 0.860. The highest BCUT2D eigenvalue weighted by Crippen LogP contribution is 2.25. The van der Waals surface area contributed by atoms with Crippen molar-refractivity contribution in [1.82, 2.24) is 15.0 Å². The van der Waals surface area contributed by atoms with Crippen molar-refractivity contribution < 1.29 is 9.52 Å². The fourth-order valence-electron chi connectivity index (χ4n) is 1.90. The maximum Gasteiger partial charge on any atom is 0.126 e. The number of aromatic nitrogens is 3. The van der Waals surface area contributed by atoms with Crippen LogP contribution in [0.4, 0.5) is 0 Å². The molecular weight excluding hydrogens is 218 g/mol. The van der Waals surface area contributed by atoms with Gasteiger partial charge in [-0.1, -0.05) is 19.1 Å². The SMILES string of the molecule is CCCn1nncc1C(O)c1ccoc1CC. The van der Waals surface area contributed by atoms with Crippen LogP contribution in [0.2, 0.25) is 0 Å². The van der Waals surface area contributed by atoms with Gasteiger partial charge in [-0.15, -0.1) is 5.10 Å². The molecule has 0 aliphatic heterocycles. The van der Waals surface area contributed by atoms with Crippen LogP contribution in [0.25, 0.3) is 0 Å². The average molecular weight is 235 g/mol. The van der Waals surface area contributed by atoms with Gasteiger partial charge in [-0.2, -0.15) is 0 Å². The van der Waals surface area contributed by atoms with Crippen molar-refractivity contribution >= 4 is 0 Å². The van der Waals surface area contributed by atoms with E-state index in [1.54, 1.807) is 23.2 Å². The number of nitrogens with zero attached hydrogens (tertiary/aromatic N) is 3. The van der Waals surface area contributed by atoms with Crippen LogP contribution in [-0.2, 0) is 13.0 Å². The highest BCUT2D eigenvalue weighted by Gasteiger charge is 2.20. The molecule has 5 heteroatoms. The lowest BCUT2D eigenvalue weighted by Crippen LogP contribution is -2.10. The molecule has 1 atom stereocenters. The molecule has 0 radical (unpaired) electrons. The van der Waals surface area contributed by atoms with Crippen LogP contribution in [0.3, 0.4) is 0 Å². The van der Waals surface area contributed by atoms with Crippen molar-refractivity contribution in [3.8, 4) is 0 Å². The van der Waals surface area contributed by atoms with E-state index < -0.39 is 6.10 Å². The summed E-state index contributed by atoms with van der Waals surface area (Å²) in [4.78, 5) is 0. The lowest BCUT2D eigenvalue weighted by atomic mass is 10.1. The first-order valence-corrected chi connectivity index (χ1v) is 5.90. The maximum absolute atomic E-state index is 10.3. The topological polar surface area (TPSA) is 64.1 Å². The van der Waals surface area contributed by atoms with E-state index in [2.05, 4.69) is 17.2 Å². The van der Waals surface area contributed by atoms with E-state index in [-0.39, 0.29) is 0 Å². The molecule has 0 saturated carbocycles. The van der Waals surface area contributed by atoms with Gasteiger partial charge in [-0.25, -0.2) is 4.68 Å². The van der Waals surface area contributed by atoms with Gasteiger partial charge in [-0.3, -0.25) is 0 Å². The summed E-state index contributed by atoms with van der Waals surface area (Å²) >= 11 is 0. The van der Waals surface area contributed by atoms with E-state index in [0.29, 0.717) is 5.69 Å². The van der Waals surface area contributed by atoms with Gasteiger partial charge in [0, 0.05) is 18.5 Å². The van der Waals surface area contributed by atoms with E-state index >= 15 is 0 Å². The van der Waals surface area contributed by atoms with E-state index in [1.807, 2.05) is 6.92 Å². The predicted octanol–water partition coefficient (Wildman–Crippen LogP) is 1.93. The fraction of sp³-hybridized carbons (Fsp3) is 0.500. The zero-order valence-corrected chi connectivity index (χ0v) is 10.1. The first-order chi connectivity index (χ1) is 8.27. The lowest BCUT2D eigenvalue weighted by molar-refractivity contribution is 0.204. The van der Waals surface area contributed by atoms with Crippen molar-refractivity contribution in [3.63, 3.8) is 0 Å². The molecular formula is C12H17N3O2. The Hall–Kier alpha value is -1.62. The molecule has 0 saturated heterocycles. The van der Waals surface area contributed by atoms with Crippen LogP contribution in [0.15, 0.2) is 22.9 Å². The zero-order valence-electron chi connectivity index (χ0n) is 10.1. The predicted molar refractivity (Wildman–Crippen MR) is 62.5 cm³/mol. The lowest BCUT2D eigenvalue weighted by Gasteiger charge is -2.11. The average Bonchev–Trinajstić information content (AvgIpc) is 2.96. The molecule has 2 rings (SSSR count). The highest BCUT2D eigenvalue weighted by molar-refractivity contribution is 5.26. The van der Waals surface area contributed by atoms with Gasteiger partial charge in [-0.05, 0) is 12.5 Å². The second kappa shape index (κ2) is 5.14. The van der Waals surface area contributed by atoms with E-state index in [4.69, 9.17) is 4.42 Å². The smallest absolute Gasteiger partial charge is 0.126 e. The van der Waals surface area contributed by atoms with Crippen LogP contribution >= 0.6 is 0 Å². The second-order valence-electron chi connectivity index (χ2n) is 3.94. The molecule has 2 aromatic heterocycles. The Bertz CT molecular complexity index is 476. The van der Waals surface area contributed by atoms with Gasteiger partial charge >= 0.3 is 0 Å². The molecule has 2 aromatic rings. The first kappa shape index (κ1) is 11.9. The summed E-state index contributed by atoms with van der Waals surface area (Å²) in [5.74, 6) is 0.807. The summed E-state index contributed by atoms with van der Waals surface area (Å²) in [6.07, 6.45) is 4.20. The van der Waals surface area contributed by atoms with E-state index in [9.17, 15) is 5.11 Å². The third kappa shape index (κ3) is 2.24. The molecule has 17 heavy (non-hydrogen) atoms. The Morgan fingerprint density at radius 2 is 2.29 bits per heavy atom. The molecule has 0 aliphatic rings. The molecule has 1 unspecified atom stereocenters. The Morgan fingerprint density at radius 3 is 3.00 bits per heavy atom. The Labute approximate surface area is 100 Å². The Kier molecular flexibility index (Phi) is 3.58.